The van der Waals surface area contributed by atoms with Crippen LogP contribution < -0.4 is 10.5 Å². The Morgan fingerprint density at radius 1 is 1.15 bits per heavy atom. The first-order valence-corrected chi connectivity index (χ1v) is 6.34. The molecule has 3 nitrogen and oxygen atoms in total. The number of benzene rings is 2. The van der Waals surface area contributed by atoms with Crippen LogP contribution in [0.2, 0.25) is 0 Å². The van der Waals surface area contributed by atoms with E-state index in [4.69, 9.17) is 10.5 Å². The number of hydrogen-bond acceptors (Lipinski definition) is 2. The van der Waals surface area contributed by atoms with E-state index in [2.05, 4.69) is 0 Å². The van der Waals surface area contributed by atoms with Crippen LogP contribution in [0.5, 0.6) is 5.75 Å². The Bertz CT molecular complexity index is 572. The van der Waals surface area contributed by atoms with Gasteiger partial charge >= 0.3 is 0 Å². The predicted molar refractivity (Wildman–Crippen MR) is 74.9 cm³/mol. The smallest absolute Gasteiger partial charge is 0.220 e. The van der Waals surface area contributed by atoms with Gasteiger partial charge in [0.25, 0.3) is 0 Å². The Morgan fingerprint density at radius 2 is 1.90 bits per heavy atom. The number of carbonyl (C=O) groups is 1. The van der Waals surface area contributed by atoms with Crippen molar-refractivity contribution in [2.75, 3.05) is 0 Å². The van der Waals surface area contributed by atoms with Gasteiger partial charge in [-0.2, -0.15) is 0 Å². The summed E-state index contributed by atoms with van der Waals surface area (Å²) >= 11 is 0. The average molecular weight is 273 g/mol. The van der Waals surface area contributed by atoms with Crippen LogP contribution in [0, 0.1) is 0 Å². The highest BCUT2D eigenvalue weighted by Gasteiger charge is 2.13. The summed E-state index contributed by atoms with van der Waals surface area (Å²) in [7, 11) is 0. The van der Waals surface area contributed by atoms with Crippen LogP contribution in [0.3, 0.4) is 0 Å². The molecule has 104 valence electrons. The molecule has 0 aromatic heterocycles. The van der Waals surface area contributed by atoms with Crippen molar-refractivity contribution in [2.24, 2.45) is 5.73 Å². The maximum atomic E-state index is 13.8. The van der Waals surface area contributed by atoms with Gasteiger partial charge in [0.15, 0.2) is 0 Å². The van der Waals surface area contributed by atoms with Gasteiger partial charge in [-0.15, -0.1) is 0 Å². The van der Waals surface area contributed by atoms with Gasteiger partial charge in [0.2, 0.25) is 5.91 Å². The van der Waals surface area contributed by atoms with Gasteiger partial charge in [0.1, 0.15) is 18.5 Å². The van der Waals surface area contributed by atoms with E-state index in [1.165, 1.54) is 0 Å². The lowest BCUT2D eigenvalue weighted by atomic mass is 10.1. The van der Waals surface area contributed by atoms with Crippen molar-refractivity contribution >= 4 is 5.91 Å². The molecule has 0 radical (unpaired) electrons. The Morgan fingerprint density at radius 3 is 2.60 bits per heavy atom. The fraction of sp³-hybridized carbons (Fsp3) is 0.188. The van der Waals surface area contributed by atoms with Crippen LogP contribution in [0.25, 0.3) is 0 Å². The molecule has 0 saturated heterocycles. The molecule has 0 aliphatic carbocycles. The molecule has 0 aliphatic heterocycles. The van der Waals surface area contributed by atoms with E-state index in [9.17, 15) is 9.18 Å². The molecule has 4 heteroatoms. The molecule has 2 N–H and O–H groups in total. The van der Waals surface area contributed by atoms with Gasteiger partial charge in [-0.3, -0.25) is 4.79 Å². The van der Waals surface area contributed by atoms with Gasteiger partial charge in [-0.05, 0) is 23.3 Å². The molecule has 0 fully saturated rings. The monoisotopic (exact) mass is 273 g/mol. The van der Waals surface area contributed by atoms with E-state index >= 15 is 0 Å². The molecule has 0 bridgehead atoms. The van der Waals surface area contributed by atoms with Gasteiger partial charge in [-0.1, -0.05) is 42.5 Å². The van der Waals surface area contributed by atoms with Crippen molar-refractivity contribution in [3.8, 4) is 5.75 Å². The second-order valence-corrected chi connectivity index (χ2v) is 4.48. The molecule has 2 rings (SSSR count). The molecule has 1 amide bonds. The Hall–Kier alpha value is -2.36. The lowest BCUT2D eigenvalue weighted by Gasteiger charge is -2.10. The fourth-order valence-corrected chi connectivity index (χ4v) is 1.83. The highest BCUT2D eigenvalue weighted by Crippen LogP contribution is 2.25. The normalized spacial score (nSPS) is 11.8. The predicted octanol–water partition coefficient (Wildman–Crippen LogP) is 3.15. The third-order valence-electron chi connectivity index (χ3n) is 2.85. The van der Waals surface area contributed by atoms with Crippen molar-refractivity contribution in [3.05, 3.63) is 65.7 Å². The van der Waals surface area contributed by atoms with Crippen molar-refractivity contribution in [3.63, 3.8) is 0 Å². The maximum absolute atomic E-state index is 13.8. The molecule has 0 aliphatic rings. The van der Waals surface area contributed by atoms with Crippen LogP contribution in [0.1, 0.15) is 23.7 Å². The van der Waals surface area contributed by atoms with Crippen LogP contribution in [-0.4, -0.2) is 5.91 Å². The number of hydrogen-bond donors (Lipinski definition) is 1. The molecular formula is C16H16FNO2. The number of amides is 1. The van der Waals surface area contributed by atoms with Crippen molar-refractivity contribution < 1.29 is 13.9 Å². The Balaban J connectivity index is 2.01. The second kappa shape index (κ2) is 6.70. The minimum Gasteiger partial charge on any atom is -0.489 e. The number of halogens is 1. The quantitative estimate of drug-likeness (QED) is 0.879. The van der Waals surface area contributed by atoms with E-state index in [1.54, 1.807) is 24.3 Å². The van der Waals surface area contributed by atoms with Crippen LogP contribution in [-0.2, 0) is 11.4 Å². The summed E-state index contributed by atoms with van der Waals surface area (Å²) in [6.07, 6.45) is -1.71. The Labute approximate surface area is 117 Å². The molecule has 0 spiro atoms. The number of rotatable bonds is 6. The third-order valence-corrected chi connectivity index (χ3v) is 2.85. The summed E-state index contributed by atoms with van der Waals surface area (Å²) < 4.78 is 19.4. The third kappa shape index (κ3) is 4.09. The summed E-state index contributed by atoms with van der Waals surface area (Å²) in [5.74, 6) is -0.0911. The van der Waals surface area contributed by atoms with Crippen molar-refractivity contribution in [1.29, 1.82) is 0 Å². The molecule has 0 heterocycles. The molecule has 0 saturated carbocycles. The highest BCUT2D eigenvalue weighted by molar-refractivity contribution is 5.74. The average Bonchev–Trinajstić information content (AvgIpc) is 2.46. The summed E-state index contributed by atoms with van der Waals surface area (Å²) in [4.78, 5) is 10.7. The number of ether oxygens (including phenoxy) is 1. The van der Waals surface area contributed by atoms with Gasteiger partial charge in [0.05, 0.1) is 6.42 Å². The molecule has 2 aromatic rings. The lowest BCUT2D eigenvalue weighted by molar-refractivity contribution is -0.119. The number of alkyl halides is 1. The van der Waals surface area contributed by atoms with E-state index < -0.39 is 12.1 Å². The summed E-state index contributed by atoms with van der Waals surface area (Å²) in [5.41, 5.74) is 6.42. The SMILES string of the molecule is NC(=O)CC(F)c1cccc(OCc2ccccc2)c1. The van der Waals surface area contributed by atoms with Crippen LogP contribution in [0.4, 0.5) is 4.39 Å². The standard InChI is InChI=1S/C16H16FNO2/c17-15(10-16(18)19)13-7-4-8-14(9-13)20-11-12-5-2-1-3-6-12/h1-9,15H,10-11H2,(H2,18,19). The molecular weight excluding hydrogens is 257 g/mol. The minimum atomic E-state index is -1.40. The summed E-state index contributed by atoms with van der Waals surface area (Å²) in [6.45, 7) is 0.414. The van der Waals surface area contributed by atoms with E-state index in [-0.39, 0.29) is 6.42 Å². The van der Waals surface area contributed by atoms with Gasteiger partial charge < -0.3 is 10.5 Å². The highest BCUT2D eigenvalue weighted by atomic mass is 19.1. The van der Waals surface area contributed by atoms with Crippen molar-refractivity contribution in [1.82, 2.24) is 0 Å². The van der Waals surface area contributed by atoms with Gasteiger partial charge in [-0.25, -0.2) is 4.39 Å². The second-order valence-electron chi connectivity index (χ2n) is 4.48. The first-order valence-electron chi connectivity index (χ1n) is 6.34. The topological polar surface area (TPSA) is 52.3 Å². The van der Waals surface area contributed by atoms with Crippen LogP contribution >= 0.6 is 0 Å². The van der Waals surface area contributed by atoms with E-state index in [0.717, 1.165) is 5.56 Å². The van der Waals surface area contributed by atoms with Gasteiger partial charge in [0, 0.05) is 0 Å². The molecule has 20 heavy (non-hydrogen) atoms. The first kappa shape index (κ1) is 14.1. The molecule has 2 aromatic carbocycles. The number of nitrogens with two attached hydrogens (primary N) is 1. The first-order chi connectivity index (χ1) is 9.65. The largest absolute Gasteiger partial charge is 0.489 e. The zero-order valence-corrected chi connectivity index (χ0v) is 11.0. The minimum absolute atomic E-state index is 0.317. The van der Waals surface area contributed by atoms with Crippen molar-refractivity contribution in [2.45, 2.75) is 19.2 Å². The Kier molecular flexibility index (Phi) is 4.71. The fourth-order valence-electron chi connectivity index (χ4n) is 1.83. The van der Waals surface area contributed by atoms with Crippen LogP contribution in [0.15, 0.2) is 54.6 Å². The summed E-state index contributed by atoms with van der Waals surface area (Å²) in [6, 6.07) is 16.4. The zero-order valence-electron chi connectivity index (χ0n) is 11.0. The summed E-state index contributed by atoms with van der Waals surface area (Å²) in [5, 5.41) is 0. The molecule has 1 atom stereocenters. The number of primary amides is 1. The maximum Gasteiger partial charge on any atom is 0.220 e. The molecule has 1 unspecified atom stereocenters. The zero-order chi connectivity index (χ0) is 14.4. The van der Waals surface area contributed by atoms with E-state index in [0.29, 0.717) is 17.9 Å². The van der Waals surface area contributed by atoms with E-state index in [1.807, 2.05) is 30.3 Å². The number of carbonyl (C=O) groups excluding carboxylic acids is 1. The lowest BCUT2D eigenvalue weighted by Crippen LogP contribution is -2.13.